The lowest BCUT2D eigenvalue weighted by Crippen LogP contribution is -3.10. The molecule has 120 valence electrons. The highest BCUT2D eigenvalue weighted by Crippen LogP contribution is 2.13. The number of quaternary nitrogens is 1. The average Bonchev–Trinajstić information content (AvgIpc) is 2.54. The van der Waals surface area contributed by atoms with Crippen LogP contribution in [0.1, 0.15) is 50.4 Å². The van der Waals surface area contributed by atoms with E-state index in [1.165, 1.54) is 23.3 Å². The van der Waals surface area contributed by atoms with E-state index in [4.69, 9.17) is 0 Å². The Labute approximate surface area is 133 Å². The van der Waals surface area contributed by atoms with Crippen LogP contribution < -0.4 is 10.3 Å². The van der Waals surface area contributed by atoms with Gasteiger partial charge in [-0.15, -0.1) is 0 Å². The minimum Gasteiger partial charge on any atom is -0.358 e. The van der Waals surface area contributed by atoms with Gasteiger partial charge in [0.1, 0.15) is 6.54 Å². The van der Waals surface area contributed by atoms with Crippen molar-refractivity contribution in [2.24, 2.45) is 0 Å². The van der Waals surface area contributed by atoms with Crippen LogP contribution in [0.2, 0.25) is 0 Å². The standard InChI is InChI=1S/C19H28N2O/c1-5-8-11-21(7-3)13-17-14(4)20-18-10-9-15(6-2)12-16(18)19(17)22/h9-10,12H,5-8,11,13H2,1-4H3,(H,20,22)/p+1. The molecule has 0 saturated carbocycles. The van der Waals surface area contributed by atoms with E-state index in [-0.39, 0.29) is 5.43 Å². The van der Waals surface area contributed by atoms with Crippen LogP contribution in [-0.4, -0.2) is 18.1 Å². The molecule has 0 spiro atoms. The zero-order chi connectivity index (χ0) is 16.1. The largest absolute Gasteiger partial charge is 0.358 e. The monoisotopic (exact) mass is 301 g/mol. The van der Waals surface area contributed by atoms with Crippen molar-refractivity contribution < 1.29 is 4.90 Å². The Balaban J connectivity index is 2.42. The molecule has 0 bridgehead atoms. The van der Waals surface area contributed by atoms with Crippen LogP contribution in [0, 0.1) is 6.92 Å². The summed E-state index contributed by atoms with van der Waals surface area (Å²) in [5, 5.41) is 0.839. The molecule has 1 aromatic heterocycles. The molecule has 2 aromatic rings. The average molecular weight is 301 g/mol. The molecule has 0 aliphatic heterocycles. The van der Waals surface area contributed by atoms with Crippen LogP contribution in [0.3, 0.4) is 0 Å². The molecule has 1 heterocycles. The molecule has 1 unspecified atom stereocenters. The van der Waals surface area contributed by atoms with Crippen LogP contribution >= 0.6 is 0 Å². The second kappa shape index (κ2) is 7.59. The van der Waals surface area contributed by atoms with E-state index in [9.17, 15) is 4.79 Å². The molecule has 0 radical (unpaired) electrons. The second-order valence-corrected chi connectivity index (χ2v) is 6.18. The molecule has 22 heavy (non-hydrogen) atoms. The van der Waals surface area contributed by atoms with Gasteiger partial charge in [0.25, 0.3) is 0 Å². The molecule has 0 saturated heterocycles. The predicted molar refractivity (Wildman–Crippen MR) is 93.7 cm³/mol. The van der Waals surface area contributed by atoms with Gasteiger partial charge in [-0.1, -0.05) is 26.3 Å². The first-order valence-electron chi connectivity index (χ1n) is 8.58. The van der Waals surface area contributed by atoms with Crippen LogP contribution in [0.5, 0.6) is 0 Å². The summed E-state index contributed by atoms with van der Waals surface area (Å²) in [7, 11) is 0. The number of pyridine rings is 1. The topological polar surface area (TPSA) is 37.3 Å². The minimum absolute atomic E-state index is 0.212. The summed E-state index contributed by atoms with van der Waals surface area (Å²) in [5.41, 5.74) is 4.36. The van der Waals surface area contributed by atoms with Gasteiger partial charge < -0.3 is 9.88 Å². The number of aromatic nitrogens is 1. The van der Waals surface area contributed by atoms with Crippen molar-refractivity contribution in [3.05, 3.63) is 45.2 Å². The number of aromatic amines is 1. The molecule has 2 N–H and O–H groups in total. The fraction of sp³-hybridized carbons (Fsp3) is 0.526. The molecule has 0 amide bonds. The van der Waals surface area contributed by atoms with Gasteiger partial charge in [-0.2, -0.15) is 0 Å². The fourth-order valence-corrected chi connectivity index (χ4v) is 3.00. The number of nitrogens with one attached hydrogen (secondary N) is 2. The van der Waals surface area contributed by atoms with Gasteiger partial charge >= 0.3 is 0 Å². The highest BCUT2D eigenvalue weighted by Gasteiger charge is 2.15. The van der Waals surface area contributed by atoms with Crippen molar-refractivity contribution in [2.45, 2.75) is 53.5 Å². The van der Waals surface area contributed by atoms with Crippen LogP contribution in [0.25, 0.3) is 10.9 Å². The van der Waals surface area contributed by atoms with Crippen molar-refractivity contribution >= 4 is 10.9 Å². The lowest BCUT2D eigenvalue weighted by atomic mass is 10.0. The Bertz CT molecular complexity index is 688. The summed E-state index contributed by atoms with van der Waals surface area (Å²) >= 11 is 0. The van der Waals surface area contributed by atoms with E-state index < -0.39 is 0 Å². The maximum absolute atomic E-state index is 12.9. The Kier molecular flexibility index (Phi) is 5.78. The van der Waals surface area contributed by atoms with E-state index in [1.807, 2.05) is 13.0 Å². The number of unbranched alkanes of at least 4 members (excludes halogenated alkanes) is 1. The highest BCUT2D eigenvalue weighted by molar-refractivity contribution is 5.80. The van der Waals surface area contributed by atoms with Gasteiger partial charge in [-0.05, 0) is 44.4 Å². The van der Waals surface area contributed by atoms with Gasteiger partial charge in [-0.25, -0.2) is 0 Å². The Morgan fingerprint density at radius 1 is 1.18 bits per heavy atom. The normalized spacial score (nSPS) is 12.7. The Morgan fingerprint density at radius 2 is 1.95 bits per heavy atom. The van der Waals surface area contributed by atoms with Crippen LogP contribution in [0.15, 0.2) is 23.0 Å². The summed E-state index contributed by atoms with van der Waals surface area (Å²) in [5.74, 6) is 0. The molecule has 0 aliphatic carbocycles. The number of aryl methyl sites for hydroxylation is 2. The Hall–Kier alpha value is -1.61. The van der Waals surface area contributed by atoms with Gasteiger partial charge in [0.15, 0.2) is 5.43 Å². The quantitative estimate of drug-likeness (QED) is 0.810. The van der Waals surface area contributed by atoms with E-state index in [0.29, 0.717) is 0 Å². The number of hydrogen-bond donors (Lipinski definition) is 2. The van der Waals surface area contributed by atoms with E-state index in [0.717, 1.165) is 48.2 Å². The third-order valence-corrected chi connectivity index (χ3v) is 4.60. The first kappa shape index (κ1) is 16.8. The van der Waals surface area contributed by atoms with Crippen molar-refractivity contribution in [1.82, 2.24) is 4.98 Å². The lowest BCUT2D eigenvalue weighted by molar-refractivity contribution is -0.912. The zero-order valence-electron chi connectivity index (χ0n) is 14.4. The number of rotatable bonds is 7. The fourth-order valence-electron chi connectivity index (χ4n) is 3.00. The maximum Gasteiger partial charge on any atom is 0.198 e. The third-order valence-electron chi connectivity index (χ3n) is 4.60. The number of fused-ring (bicyclic) bond motifs is 1. The molecule has 3 nitrogen and oxygen atoms in total. The number of hydrogen-bond acceptors (Lipinski definition) is 1. The molecule has 1 aromatic carbocycles. The smallest absolute Gasteiger partial charge is 0.198 e. The third kappa shape index (κ3) is 3.58. The summed E-state index contributed by atoms with van der Waals surface area (Å²) in [6.45, 7) is 11.6. The van der Waals surface area contributed by atoms with Gasteiger partial charge in [0, 0.05) is 16.6 Å². The van der Waals surface area contributed by atoms with Crippen molar-refractivity contribution in [2.75, 3.05) is 13.1 Å². The van der Waals surface area contributed by atoms with Gasteiger partial charge in [0.2, 0.25) is 0 Å². The molecule has 3 heteroatoms. The van der Waals surface area contributed by atoms with E-state index in [1.54, 1.807) is 0 Å². The molecule has 1 atom stereocenters. The highest BCUT2D eigenvalue weighted by atomic mass is 16.1. The lowest BCUT2D eigenvalue weighted by Gasteiger charge is -2.18. The molecule has 2 rings (SSSR count). The summed E-state index contributed by atoms with van der Waals surface area (Å²) in [6.07, 6.45) is 3.38. The molecule has 0 fully saturated rings. The number of benzene rings is 1. The van der Waals surface area contributed by atoms with E-state index >= 15 is 0 Å². The second-order valence-electron chi connectivity index (χ2n) is 6.18. The minimum atomic E-state index is 0.212. The van der Waals surface area contributed by atoms with Gasteiger partial charge in [0.05, 0.1) is 18.7 Å². The summed E-state index contributed by atoms with van der Waals surface area (Å²) in [6, 6.07) is 6.19. The van der Waals surface area contributed by atoms with Crippen molar-refractivity contribution in [3.8, 4) is 0 Å². The van der Waals surface area contributed by atoms with Crippen LogP contribution in [0.4, 0.5) is 0 Å². The van der Waals surface area contributed by atoms with Crippen molar-refractivity contribution in [1.29, 1.82) is 0 Å². The van der Waals surface area contributed by atoms with Crippen LogP contribution in [-0.2, 0) is 13.0 Å². The maximum atomic E-state index is 12.9. The van der Waals surface area contributed by atoms with E-state index in [2.05, 4.69) is 37.9 Å². The molecular formula is C19H29N2O+. The zero-order valence-corrected chi connectivity index (χ0v) is 14.4. The molecule has 0 aliphatic rings. The molecular weight excluding hydrogens is 272 g/mol. The van der Waals surface area contributed by atoms with Crippen molar-refractivity contribution in [3.63, 3.8) is 0 Å². The van der Waals surface area contributed by atoms with Gasteiger partial charge in [-0.3, -0.25) is 4.79 Å². The summed E-state index contributed by atoms with van der Waals surface area (Å²) < 4.78 is 0. The first-order chi connectivity index (χ1) is 10.6. The number of H-pyrrole nitrogens is 1. The first-order valence-corrected chi connectivity index (χ1v) is 8.58. The predicted octanol–water partition coefficient (Wildman–Crippen LogP) is 2.60. The SMILES string of the molecule is CCCC[NH+](CC)Cc1c(C)[nH]c2ccc(CC)cc2c1=O. The summed E-state index contributed by atoms with van der Waals surface area (Å²) in [4.78, 5) is 17.8. The Morgan fingerprint density at radius 3 is 2.59 bits per heavy atom.